The van der Waals surface area contributed by atoms with Crippen LogP contribution in [-0.4, -0.2) is 44.0 Å². The molecule has 0 radical (unpaired) electrons. The van der Waals surface area contributed by atoms with Gasteiger partial charge in [-0.25, -0.2) is 0 Å². The number of nitrogens with zero attached hydrogens (tertiary/aromatic N) is 5. The molecule has 4 aromatic rings. The Labute approximate surface area is 181 Å². The second-order valence-electron chi connectivity index (χ2n) is 7.96. The molecule has 7 heteroatoms. The predicted molar refractivity (Wildman–Crippen MR) is 117 cm³/mol. The summed E-state index contributed by atoms with van der Waals surface area (Å²) in [6, 6.07) is 17.7. The van der Waals surface area contributed by atoms with Crippen molar-refractivity contribution >= 4 is 0 Å². The van der Waals surface area contributed by atoms with Gasteiger partial charge in [-0.3, -0.25) is 9.58 Å². The van der Waals surface area contributed by atoms with Crippen molar-refractivity contribution in [3.8, 4) is 28.6 Å². The van der Waals surface area contributed by atoms with Crippen LogP contribution in [-0.2, 0) is 13.6 Å². The number of hydrogen-bond donors (Lipinski definition) is 0. The Morgan fingerprint density at radius 1 is 1.06 bits per heavy atom. The normalized spacial score (nSPS) is 16.6. The van der Waals surface area contributed by atoms with Crippen molar-refractivity contribution in [1.82, 2.24) is 24.8 Å². The van der Waals surface area contributed by atoms with Crippen LogP contribution in [0.25, 0.3) is 22.8 Å². The molecule has 7 nitrogen and oxygen atoms in total. The van der Waals surface area contributed by atoms with Crippen LogP contribution in [0, 0.1) is 6.92 Å². The van der Waals surface area contributed by atoms with Crippen molar-refractivity contribution in [2.75, 3.05) is 13.1 Å². The molecule has 0 amide bonds. The molecule has 0 spiro atoms. The summed E-state index contributed by atoms with van der Waals surface area (Å²) in [5, 5.41) is 8.45. The first-order valence-electron chi connectivity index (χ1n) is 10.5. The zero-order chi connectivity index (χ0) is 21.2. The molecule has 1 fully saturated rings. The lowest BCUT2D eigenvalue weighted by Crippen LogP contribution is -2.24. The lowest BCUT2D eigenvalue weighted by Gasteiger charge is -2.17. The Morgan fingerprint density at radius 2 is 1.87 bits per heavy atom. The number of aryl methyl sites for hydroxylation is 1. The van der Waals surface area contributed by atoms with Crippen molar-refractivity contribution in [2.45, 2.75) is 26.0 Å². The van der Waals surface area contributed by atoms with Gasteiger partial charge in [0.05, 0.1) is 6.20 Å². The second kappa shape index (κ2) is 8.35. The number of ether oxygens (including phenoxy) is 1. The summed E-state index contributed by atoms with van der Waals surface area (Å²) in [5.74, 6) is 1.95. The summed E-state index contributed by atoms with van der Waals surface area (Å²) in [6.45, 7) is 4.98. The monoisotopic (exact) mass is 415 g/mol. The quantitative estimate of drug-likeness (QED) is 0.472. The summed E-state index contributed by atoms with van der Waals surface area (Å²) < 4.78 is 13.6. The molecule has 1 aliphatic heterocycles. The lowest BCUT2D eigenvalue weighted by atomic mass is 10.2. The van der Waals surface area contributed by atoms with Gasteiger partial charge >= 0.3 is 0 Å². The van der Waals surface area contributed by atoms with E-state index in [0.29, 0.717) is 11.7 Å². The molecule has 1 aliphatic rings. The third-order valence-electron chi connectivity index (χ3n) is 5.82. The molecular formula is C24H25N5O2. The highest BCUT2D eigenvalue weighted by molar-refractivity contribution is 5.60. The molecule has 3 heterocycles. The van der Waals surface area contributed by atoms with E-state index in [9.17, 15) is 0 Å². The smallest absolute Gasteiger partial charge is 0.258 e. The summed E-state index contributed by atoms with van der Waals surface area (Å²) in [6.07, 6.45) is 3.17. The van der Waals surface area contributed by atoms with E-state index in [1.165, 1.54) is 11.3 Å². The fraction of sp³-hybridized carbons (Fsp3) is 0.292. The summed E-state index contributed by atoms with van der Waals surface area (Å²) >= 11 is 0. The van der Waals surface area contributed by atoms with Gasteiger partial charge in [-0.05, 0) is 49.7 Å². The molecule has 0 bridgehead atoms. The van der Waals surface area contributed by atoms with Crippen LogP contribution in [0.15, 0.2) is 65.3 Å². The fourth-order valence-electron chi connectivity index (χ4n) is 3.89. The zero-order valence-electron chi connectivity index (χ0n) is 17.7. The van der Waals surface area contributed by atoms with Gasteiger partial charge in [0.15, 0.2) is 0 Å². The van der Waals surface area contributed by atoms with E-state index in [4.69, 9.17) is 9.26 Å². The van der Waals surface area contributed by atoms with Crippen molar-refractivity contribution in [3.05, 3.63) is 72.1 Å². The van der Waals surface area contributed by atoms with Crippen molar-refractivity contribution < 1.29 is 9.26 Å². The number of rotatable bonds is 6. The van der Waals surface area contributed by atoms with Crippen LogP contribution in [0.5, 0.6) is 5.75 Å². The van der Waals surface area contributed by atoms with Gasteiger partial charge in [0.1, 0.15) is 11.9 Å². The van der Waals surface area contributed by atoms with E-state index in [-0.39, 0.29) is 6.10 Å². The highest BCUT2D eigenvalue weighted by Gasteiger charge is 2.25. The Hall–Kier alpha value is -3.45. The molecule has 2 aromatic carbocycles. The molecule has 0 aliphatic carbocycles. The van der Waals surface area contributed by atoms with E-state index >= 15 is 0 Å². The SMILES string of the molecule is Cc1c(CN2CCC(Oc3ccc(-c4noc(-c5ccccc5)n4)cc3)C2)cnn1C. The standard InChI is InChI=1S/C24H25N5O2/c1-17-20(14-25-28(17)2)15-29-13-12-22(16-29)30-21-10-8-18(9-11-21)23-26-24(31-27-23)19-6-4-3-5-7-19/h3-11,14,22H,12-13,15-16H2,1-2H3. The highest BCUT2D eigenvalue weighted by atomic mass is 16.5. The van der Waals surface area contributed by atoms with Gasteiger partial charge in [-0.15, -0.1) is 0 Å². The Kier molecular flexibility index (Phi) is 5.26. The fourth-order valence-corrected chi connectivity index (χ4v) is 3.89. The van der Waals surface area contributed by atoms with Gasteiger partial charge in [-0.2, -0.15) is 10.1 Å². The van der Waals surface area contributed by atoms with Crippen LogP contribution >= 0.6 is 0 Å². The molecule has 1 unspecified atom stereocenters. The number of hydrogen-bond acceptors (Lipinski definition) is 6. The van der Waals surface area contributed by atoms with Crippen molar-refractivity contribution in [2.24, 2.45) is 7.05 Å². The maximum absolute atomic E-state index is 6.22. The van der Waals surface area contributed by atoms with Crippen molar-refractivity contribution in [3.63, 3.8) is 0 Å². The topological polar surface area (TPSA) is 69.2 Å². The van der Waals surface area contributed by atoms with Crippen LogP contribution in [0.3, 0.4) is 0 Å². The van der Waals surface area contributed by atoms with Crippen LogP contribution in [0.2, 0.25) is 0 Å². The summed E-state index contributed by atoms with van der Waals surface area (Å²) in [4.78, 5) is 6.93. The van der Waals surface area contributed by atoms with Crippen LogP contribution in [0.4, 0.5) is 0 Å². The Bertz CT molecular complexity index is 1150. The van der Waals surface area contributed by atoms with Gasteiger partial charge in [0, 0.05) is 49.1 Å². The number of benzene rings is 2. The molecule has 0 N–H and O–H groups in total. The van der Waals surface area contributed by atoms with E-state index in [1.807, 2.05) is 72.5 Å². The van der Waals surface area contributed by atoms with Crippen LogP contribution in [0.1, 0.15) is 17.7 Å². The summed E-state index contributed by atoms with van der Waals surface area (Å²) in [7, 11) is 1.98. The largest absolute Gasteiger partial charge is 0.489 e. The van der Waals surface area contributed by atoms with Gasteiger partial charge < -0.3 is 9.26 Å². The Balaban J connectivity index is 1.19. The number of likely N-dealkylation sites (tertiary alicyclic amines) is 1. The first-order valence-corrected chi connectivity index (χ1v) is 10.5. The molecule has 1 atom stereocenters. The Morgan fingerprint density at radius 3 is 2.61 bits per heavy atom. The second-order valence-corrected chi connectivity index (χ2v) is 7.96. The zero-order valence-corrected chi connectivity index (χ0v) is 17.7. The highest BCUT2D eigenvalue weighted by Crippen LogP contribution is 2.25. The maximum atomic E-state index is 6.22. The van der Waals surface area contributed by atoms with E-state index < -0.39 is 0 Å². The molecule has 2 aromatic heterocycles. The summed E-state index contributed by atoms with van der Waals surface area (Å²) in [5.41, 5.74) is 4.31. The minimum atomic E-state index is 0.192. The van der Waals surface area contributed by atoms with Gasteiger partial charge in [0.2, 0.25) is 5.82 Å². The minimum Gasteiger partial charge on any atom is -0.489 e. The first-order chi connectivity index (χ1) is 15.2. The molecule has 0 saturated carbocycles. The van der Waals surface area contributed by atoms with E-state index in [1.54, 1.807) is 0 Å². The third kappa shape index (κ3) is 4.22. The molecular weight excluding hydrogens is 390 g/mol. The maximum Gasteiger partial charge on any atom is 0.258 e. The minimum absolute atomic E-state index is 0.192. The van der Waals surface area contributed by atoms with Crippen LogP contribution < -0.4 is 4.74 Å². The molecule has 1 saturated heterocycles. The third-order valence-corrected chi connectivity index (χ3v) is 5.82. The first kappa shape index (κ1) is 19.5. The molecule has 5 rings (SSSR count). The lowest BCUT2D eigenvalue weighted by molar-refractivity contribution is 0.198. The predicted octanol–water partition coefficient (Wildman–Crippen LogP) is 4.10. The van der Waals surface area contributed by atoms with Gasteiger partial charge in [0.25, 0.3) is 5.89 Å². The number of aromatic nitrogens is 4. The van der Waals surface area contributed by atoms with Gasteiger partial charge in [-0.1, -0.05) is 23.4 Å². The van der Waals surface area contributed by atoms with Crippen molar-refractivity contribution in [1.29, 1.82) is 0 Å². The van der Waals surface area contributed by atoms with E-state index in [0.717, 1.165) is 42.9 Å². The molecule has 158 valence electrons. The average Bonchev–Trinajstić information content (AvgIpc) is 3.53. The van der Waals surface area contributed by atoms with E-state index in [2.05, 4.69) is 27.1 Å². The average molecular weight is 415 g/mol. The molecule has 31 heavy (non-hydrogen) atoms.